The van der Waals surface area contributed by atoms with Crippen molar-refractivity contribution in [3.63, 3.8) is 0 Å². The van der Waals surface area contributed by atoms with Gasteiger partial charge in [-0.3, -0.25) is 9.59 Å². The summed E-state index contributed by atoms with van der Waals surface area (Å²) in [7, 11) is 0. The molecule has 1 aromatic heterocycles. The van der Waals surface area contributed by atoms with E-state index in [4.69, 9.17) is 11.6 Å². The minimum Gasteiger partial charge on any atom is -0.325 e. The molecule has 0 aliphatic carbocycles. The third-order valence-electron chi connectivity index (χ3n) is 4.28. The highest BCUT2D eigenvalue weighted by atomic mass is 35.5. The summed E-state index contributed by atoms with van der Waals surface area (Å²) in [6, 6.07) is 16.4. The van der Waals surface area contributed by atoms with Crippen molar-refractivity contribution < 1.29 is 9.59 Å². The van der Waals surface area contributed by atoms with E-state index in [9.17, 15) is 9.59 Å². The molecule has 0 spiro atoms. The molecule has 2 amide bonds. The van der Waals surface area contributed by atoms with E-state index in [0.29, 0.717) is 16.9 Å². The summed E-state index contributed by atoms with van der Waals surface area (Å²) < 4.78 is 1.80. The third-order valence-corrected chi connectivity index (χ3v) is 4.48. The van der Waals surface area contributed by atoms with E-state index in [-0.39, 0.29) is 11.8 Å². The van der Waals surface area contributed by atoms with E-state index >= 15 is 0 Å². The number of para-hydroxylation sites is 1. The van der Waals surface area contributed by atoms with Crippen molar-refractivity contribution in [1.29, 1.82) is 0 Å². The monoisotopic (exact) mass is 396 g/mol. The van der Waals surface area contributed by atoms with Crippen molar-refractivity contribution in [3.05, 3.63) is 71.5 Å². The number of carbonyl (C=O) groups is 2. The molecule has 3 rings (SSSR count). The van der Waals surface area contributed by atoms with Crippen LogP contribution in [0.25, 0.3) is 5.69 Å². The first kappa shape index (κ1) is 19.6. The zero-order valence-corrected chi connectivity index (χ0v) is 16.6. The zero-order chi connectivity index (χ0) is 20.3. The second-order valence-electron chi connectivity index (χ2n) is 6.43. The fourth-order valence-electron chi connectivity index (χ4n) is 2.81. The fraction of sp³-hybridized carbons (Fsp3) is 0.190. The maximum atomic E-state index is 12.7. The molecule has 0 radical (unpaired) electrons. The molecule has 144 valence electrons. The topological polar surface area (TPSA) is 76.0 Å². The molecule has 0 fully saturated rings. The molecule has 28 heavy (non-hydrogen) atoms. The van der Waals surface area contributed by atoms with Crippen LogP contribution in [-0.2, 0) is 4.79 Å². The van der Waals surface area contributed by atoms with Crippen molar-refractivity contribution >= 4 is 34.8 Å². The molecular formula is C21H21ClN4O2. The van der Waals surface area contributed by atoms with E-state index in [1.807, 2.05) is 44.2 Å². The van der Waals surface area contributed by atoms with Gasteiger partial charge in [0.1, 0.15) is 5.38 Å². The van der Waals surface area contributed by atoms with Crippen LogP contribution in [0.15, 0.2) is 54.6 Å². The van der Waals surface area contributed by atoms with Crippen LogP contribution in [0.4, 0.5) is 11.4 Å². The number of anilines is 2. The molecule has 3 aromatic rings. The molecule has 0 bridgehead atoms. The Labute approximate surface area is 168 Å². The zero-order valence-electron chi connectivity index (χ0n) is 15.9. The van der Waals surface area contributed by atoms with Gasteiger partial charge >= 0.3 is 0 Å². The molecule has 1 heterocycles. The van der Waals surface area contributed by atoms with Crippen LogP contribution in [0.2, 0.25) is 0 Å². The number of nitrogens with zero attached hydrogens (tertiary/aromatic N) is 2. The first-order valence-electron chi connectivity index (χ1n) is 8.85. The quantitative estimate of drug-likeness (QED) is 0.631. The number of aromatic nitrogens is 2. The number of benzene rings is 2. The van der Waals surface area contributed by atoms with Gasteiger partial charge in [0.25, 0.3) is 5.91 Å². The van der Waals surface area contributed by atoms with E-state index in [2.05, 4.69) is 15.7 Å². The normalized spacial score (nSPS) is 11.7. The van der Waals surface area contributed by atoms with Gasteiger partial charge in [0, 0.05) is 11.3 Å². The number of alkyl halides is 1. The Morgan fingerprint density at radius 2 is 1.75 bits per heavy atom. The summed E-state index contributed by atoms with van der Waals surface area (Å²) in [5.41, 5.74) is 4.07. The van der Waals surface area contributed by atoms with Crippen LogP contribution in [-0.4, -0.2) is 27.0 Å². The second kappa shape index (κ2) is 8.27. The molecular weight excluding hydrogens is 376 g/mol. The molecule has 0 aliphatic heterocycles. The molecule has 2 aromatic carbocycles. The Hall–Kier alpha value is -3.12. The van der Waals surface area contributed by atoms with Crippen molar-refractivity contribution in [2.75, 3.05) is 10.6 Å². The average molecular weight is 397 g/mol. The van der Waals surface area contributed by atoms with Gasteiger partial charge in [0.15, 0.2) is 0 Å². The number of rotatable bonds is 5. The van der Waals surface area contributed by atoms with Gasteiger partial charge < -0.3 is 10.6 Å². The lowest BCUT2D eigenvalue weighted by Crippen LogP contribution is -2.20. The molecule has 0 saturated carbocycles. The van der Waals surface area contributed by atoms with E-state index in [1.54, 1.807) is 35.9 Å². The minimum absolute atomic E-state index is 0.283. The summed E-state index contributed by atoms with van der Waals surface area (Å²) in [5.74, 6) is -0.608. The van der Waals surface area contributed by atoms with Crippen molar-refractivity contribution in [2.24, 2.45) is 0 Å². The van der Waals surface area contributed by atoms with Crippen molar-refractivity contribution in [3.8, 4) is 5.69 Å². The first-order valence-corrected chi connectivity index (χ1v) is 9.28. The number of nitrogens with one attached hydrogen (secondary N) is 2. The van der Waals surface area contributed by atoms with Crippen LogP contribution in [0.1, 0.15) is 28.7 Å². The number of hydrogen-bond acceptors (Lipinski definition) is 3. The lowest BCUT2D eigenvalue weighted by atomic mass is 10.1. The summed E-state index contributed by atoms with van der Waals surface area (Å²) in [5, 5.41) is 9.48. The number of amides is 2. The maximum absolute atomic E-state index is 12.7. The fourth-order valence-corrected chi connectivity index (χ4v) is 2.86. The van der Waals surface area contributed by atoms with Gasteiger partial charge in [-0.1, -0.05) is 24.3 Å². The molecule has 1 atom stereocenters. The minimum atomic E-state index is -0.661. The Morgan fingerprint density at radius 1 is 1.04 bits per heavy atom. The average Bonchev–Trinajstić information content (AvgIpc) is 2.97. The molecule has 0 unspecified atom stereocenters. The van der Waals surface area contributed by atoms with Gasteiger partial charge in [0.2, 0.25) is 5.91 Å². The van der Waals surface area contributed by atoms with Gasteiger partial charge in [-0.25, -0.2) is 4.68 Å². The van der Waals surface area contributed by atoms with E-state index < -0.39 is 5.38 Å². The first-order chi connectivity index (χ1) is 13.4. The highest BCUT2D eigenvalue weighted by molar-refractivity contribution is 6.32. The Balaban J connectivity index is 1.82. The smallest absolute Gasteiger partial charge is 0.255 e. The van der Waals surface area contributed by atoms with Gasteiger partial charge in [-0.05, 0) is 51.1 Å². The summed E-state index contributed by atoms with van der Waals surface area (Å²) in [6.45, 7) is 5.34. The summed E-state index contributed by atoms with van der Waals surface area (Å²) in [6.07, 6.45) is 0. The third kappa shape index (κ3) is 4.23. The van der Waals surface area contributed by atoms with Gasteiger partial charge in [-0.2, -0.15) is 5.10 Å². The highest BCUT2D eigenvalue weighted by Crippen LogP contribution is 2.24. The highest BCUT2D eigenvalue weighted by Gasteiger charge is 2.17. The number of aryl methyl sites for hydroxylation is 1. The van der Waals surface area contributed by atoms with Crippen molar-refractivity contribution in [2.45, 2.75) is 26.1 Å². The Morgan fingerprint density at radius 3 is 2.43 bits per heavy atom. The van der Waals surface area contributed by atoms with E-state index in [1.165, 1.54) is 0 Å². The Kier molecular flexibility index (Phi) is 5.80. The number of halogens is 1. The largest absolute Gasteiger partial charge is 0.325 e. The SMILES string of the molecule is Cc1nn(-c2ccccc2)c(C)c1NC(=O)c1cccc(NC(=O)[C@@H](C)Cl)c1. The molecule has 7 heteroatoms. The molecule has 0 aliphatic rings. The lowest BCUT2D eigenvalue weighted by molar-refractivity contribution is -0.115. The van der Waals surface area contributed by atoms with Crippen LogP contribution < -0.4 is 10.6 Å². The van der Waals surface area contributed by atoms with Crippen LogP contribution in [0.3, 0.4) is 0 Å². The number of carbonyl (C=O) groups excluding carboxylic acids is 2. The predicted octanol–water partition coefficient (Wildman–Crippen LogP) is 4.31. The Bertz CT molecular complexity index is 1010. The standard InChI is InChI=1S/C21H21ClN4O2/c1-13(22)20(27)23-17-9-7-8-16(12-17)21(28)24-19-14(2)25-26(15(19)3)18-10-5-4-6-11-18/h4-13H,1-3H3,(H,23,27)(H,24,28)/t13-/m1/s1. The predicted molar refractivity (Wildman–Crippen MR) is 111 cm³/mol. The molecule has 2 N–H and O–H groups in total. The maximum Gasteiger partial charge on any atom is 0.255 e. The van der Waals surface area contributed by atoms with Crippen molar-refractivity contribution in [1.82, 2.24) is 9.78 Å². The lowest BCUT2D eigenvalue weighted by Gasteiger charge is -2.10. The molecule has 0 saturated heterocycles. The van der Waals surface area contributed by atoms with Crippen LogP contribution in [0.5, 0.6) is 0 Å². The summed E-state index contributed by atoms with van der Waals surface area (Å²) in [4.78, 5) is 24.5. The molecule has 6 nitrogen and oxygen atoms in total. The number of hydrogen-bond donors (Lipinski definition) is 2. The van der Waals surface area contributed by atoms with Crippen LogP contribution in [0, 0.1) is 13.8 Å². The van der Waals surface area contributed by atoms with E-state index in [0.717, 1.165) is 17.1 Å². The second-order valence-corrected chi connectivity index (χ2v) is 7.09. The summed E-state index contributed by atoms with van der Waals surface area (Å²) >= 11 is 5.77. The van der Waals surface area contributed by atoms with Crippen LogP contribution >= 0.6 is 11.6 Å². The van der Waals surface area contributed by atoms with Gasteiger partial charge in [0.05, 0.1) is 22.8 Å². The van der Waals surface area contributed by atoms with Gasteiger partial charge in [-0.15, -0.1) is 11.6 Å².